The molecule has 0 bridgehead atoms. The first kappa shape index (κ1) is 12.3. The van der Waals surface area contributed by atoms with Crippen LogP contribution in [0.25, 0.3) is 0 Å². The zero-order valence-corrected chi connectivity index (χ0v) is 10.6. The quantitative estimate of drug-likeness (QED) is 0.653. The Kier molecular flexibility index (Phi) is 3.26. The maximum atomic E-state index is 12.1. The third-order valence-corrected chi connectivity index (χ3v) is 7.04. The molecule has 0 saturated carbocycles. The molecule has 2 fully saturated rings. The monoisotopic (exact) mass is 268 g/mol. The summed E-state index contributed by atoms with van der Waals surface area (Å²) < 4.78 is 47.9. The van der Waals surface area contributed by atoms with Gasteiger partial charge in [0.25, 0.3) is 0 Å². The van der Waals surface area contributed by atoms with Gasteiger partial charge in [-0.15, -0.1) is 0 Å². The first-order chi connectivity index (χ1) is 7.42. The summed E-state index contributed by atoms with van der Waals surface area (Å²) in [5.74, 6) is -0.0985. The summed E-state index contributed by atoms with van der Waals surface area (Å²) in [5.41, 5.74) is 0. The number of sulfone groups is 1. The molecule has 1 unspecified atom stereocenters. The lowest BCUT2D eigenvalue weighted by Gasteiger charge is -2.28. The van der Waals surface area contributed by atoms with Crippen LogP contribution in [0, 0.1) is 0 Å². The Morgan fingerprint density at radius 3 is 2.31 bits per heavy atom. The standard InChI is InChI=1S/C8H16N2O4S2/c11-15(12)5-3-10(4-6-15)16(13,14)8-1-2-9-7-8/h8-9H,1-7H2. The zero-order valence-electron chi connectivity index (χ0n) is 8.92. The van der Waals surface area contributed by atoms with Crippen LogP contribution in [0.2, 0.25) is 0 Å². The van der Waals surface area contributed by atoms with E-state index in [0.29, 0.717) is 13.0 Å². The van der Waals surface area contributed by atoms with Gasteiger partial charge in [0, 0.05) is 19.6 Å². The highest BCUT2D eigenvalue weighted by molar-refractivity contribution is 7.92. The number of sulfonamides is 1. The summed E-state index contributed by atoms with van der Waals surface area (Å²) in [6.07, 6.45) is 0.617. The van der Waals surface area contributed by atoms with Gasteiger partial charge >= 0.3 is 0 Å². The highest BCUT2D eigenvalue weighted by atomic mass is 32.2. The minimum atomic E-state index is -3.31. The van der Waals surface area contributed by atoms with Gasteiger partial charge in [-0.05, 0) is 13.0 Å². The average molecular weight is 268 g/mol. The molecule has 2 aliphatic heterocycles. The van der Waals surface area contributed by atoms with E-state index in [-0.39, 0.29) is 29.8 Å². The van der Waals surface area contributed by atoms with E-state index < -0.39 is 19.9 Å². The lowest BCUT2D eigenvalue weighted by Crippen LogP contribution is -2.47. The van der Waals surface area contributed by atoms with Gasteiger partial charge in [-0.1, -0.05) is 0 Å². The van der Waals surface area contributed by atoms with E-state index in [1.807, 2.05) is 0 Å². The first-order valence-electron chi connectivity index (χ1n) is 5.32. The SMILES string of the molecule is O=S1(=O)CCN(S(=O)(=O)C2CCNC2)CC1. The predicted molar refractivity (Wildman–Crippen MR) is 60.4 cm³/mol. The molecule has 0 aromatic rings. The number of nitrogens with one attached hydrogen (secondary N) is 1. The van der Waals surface area contributed by atoms with Crippen molar-refractivity contribution in [3.05, 3.63) is 0 Å². The molecule has 0 aromatic carbocycles. The van der Waals surface area contributed by atoms with E-state index in [2.05, 4.69) is 5.32 Å². The molecule has 94 valence electrons. The third-order valence-electron chi connectivity index (χ3n) is 3.10. The fourth-order valence-electron chi connectivity index (χ4n) is 2.04. The van der Waals surface area contributed by atoms with Gasteiger partial charge in [0.2, 0.25) is 10.0 Å². The van der Waals surface area contributed by atoms with E-state index in [9.17, 15) is 16.8 Å². The Labute approximate surface area is 96.0 Å². The second kappa shape index (κ2) is 4.25. The van der Waals surface area contributed by atoms with Crippen molar-refractivity contribution in [3.63, 3.8) is 0 Å². The normalized spacial score (nSPS) is 31.6. The van der Waals surface area contributed by atoms with E-state index in [0.717, 1.165) is 6.54 Å². The zero-order chi connectivity index (χ0) is 11.8. The molecule has 0 aromatic heterocycles. The van der Waals surface area contributed by atoms with Gasteiger partial charge in [-0.2, -0.15) is 4.31 Å². The second-order valence-electron chi connectivity index (χ2n) is 4.21. The maximum Gasteiger partial charge on any atom is 0.218 e. The fourth-order valence-corrected chi connectivity index (χ4v) is 5.33. The molecule has 0 amide bonds. The largest absolute Gasteiger partial charge is 0.315 e. The summed E-state index contributed by atoms with van der Waals surface area (Å²) >= 11 is 0. The van der Waals surface area contributed by atoms with Gasteiger partial charge in [-0.25, -0.2) is 16.8 Å². The predicted octanol–water partition coefficient (Wildman–Crippen LogP) is -1.59. The minimum Gasteiger partial charge on any atom is -0.315 e. The van der Waals surface area contributed by atoms with Crippen molar-refractivity contribution >= 4 is 19.9 Å². The van der Waals surface area contributed by atoms with Gasteiger partial charge in [0.15, 0.2) is 9.84 Å². The van der Waals surface area contributed by atoms with Crippen molar-refractivity contribution in [3.8, 4) is 0 Å². The van der Waals surface area contributed by atoms with Crippen LogP contribution in [0.5, 0.6) is 0 Å². The van der Waals surface area contributed by atoms with E-state index in [4.69, 9.17) is 0 Å². The average Bonchev–Trinajstić information content (AvgIpc) is 2.70. The summed E-state index contributed by atoms with van der Waals surface area (Å²) in [6, 6.07) is 0. The molecular formula is C8H16N2O4S2. The number of hydrogen-bond acceptors (Lipinski definition) is 5. The van der Waals surface area contributed by atoms with E-state index >= 15 is 0 Å². The lowest BCUT2D eigenvalue weighted by atomic mass is 10.4. The summed E-state index contributed by atoms with van der Waals surface area (Å²) in [5, 5.41) is 2.63. The molecule has 1 N–H and O–H groups in total. The lowest BCUT2D eigenvalue weighted by molar-refractivity contribution is 0.423. The van der Waals surface area contributed by atoms with Crippen LogP contribution in [-0.2, 0) is 19.9 Å². The van der Waals surface area contributed by atoms with Gasteiger partial charge in [-0.3, -0.25) is 0 Å². The Morgan fingerprint density at radius 1 is 1.19 bits per heavy atom. The minimum absolute atomic E-state index is 0.0492. The smallest absolute Gasteiger partial charge is 0.218 e. The number of rotatable bonds is 2. The van der Waals surface area contributed by atoms with Gasteiger partial charge in [0.05, 0.1) is 16.8 Å². The van der Waals surface area contributed by atoms with E-state index in [1.54, 1.807) is 0 Å². The highest BCUT2D eigenvalue weighted by Gasteiger charge is 2.36. The van der Waals surface area contributed by atoms with Crippen molar-refractivity contribution in [1.82, 2.24) is 9.62 Å². The van der Waals surface area contributed by atoms with Crippen LogP contribution < -0.4 is 5.32 Å². The molecule has 0 spiro atoms. The Bertz CT molecular complexity index is 436. The molecular weight excluding hydrogens is 252 g/mol. The van der Waals surface area contributed by atoms with Crippen LogP contribution in [-0.4, -0.2) is 64.1 Å². The van der Waals surface area contributed by atoms with Crippen molar-refractivity contribution in [2.45, 2.75) is 11.7 Å². The van der Waals surface area contributed by atoms with Crippen molar-refractivity contribution < 1.29 is 16.8 Å². The van der Waals surface area contributed by atoms with E-state index in [1.165, 1.54) is 4.31 Å². The van der Waals surface area contributed by atoms with Crippen LogP contribution in [0.4, 0.5) is 0 Å². The van der Waals surface area contributed by atoms with Crippen molar-refractivity contribution in [1.29, 1.82) is 0 Å². The Morgan fingerprint density at radius 2 is 1.81 bits per heavy atom. The van der Waals surface area contributed by atoms with Crippen LogP contribution >= 0.6 is 0 Å². The van der Waals surface area contributed by atoms with Crippen LogP contribution in [0.1, 0.15) is 6.42 Å². The highest BCUT2D eigenvalue weighted by Crippen LogP contribution is 2.17. The topological polar surface area (TPSA) is 83.6 Å². The Balaban J connectivity index is 2.08. The molecule has 2 saturated heterocycles. The van der Waals surface area contributed by atoms with Crippen molar-refractivity contribution in [2.75, 3.05) is 37.7 Å². The second-order valence-corrected chi connectivity index (χ2v) is 8.73. The molecule has 6 nitrogen and oxygen atoms in total. The third kappa shape index (κ3) is 2.39. The molecule has 2 aliphatic rings. The number of hydrogen-bond donors (Lipinski definition) is 1. The number of nitrogens with zero attached hydrogens (tertiary/aromatic N) is 1. The summed E-state index contributed by atoms with van der Waals surface area (Å²) in [7, 11) is -6.33. The molecule has 2 heterocycles. The first-order valence-corrected chi connectivity index (χ1v) is 8.64. The van der Waals surface area contributed by atoms with Gasteiger partial charge < -0.3 is 5.32 Å². The molecule has 2 rings (SSSR count). The summed E-state index contributed by atoms with van der Waals surface area (Å²) in [4.78, 5) is 0. The van der Waals surface area contributed by atoms with Gasteiger partial charge in [0.1, 0.15) is 0 Å². The molecule has 0 aliphatic carbocycles. The molecule has 1 atom stereocenters. The summed E-state index contributed by atoms with van der Waals surface area (Å²) in [6.45, 7) is 1.42. The molecule has 0 radical (unpaired) electrons. The van der Waals surface area contributed by atoms with Crippen LogP contribution in [0.3, 0.4) is 0 Å². The molecule has 8 heteroatoms. The fraction of sp³-hybridized carbons (Fsp3) is 1.00. The molecule has 16 heavy (non-hydrogen) atoms. The van der Waals surface area contributed by atoms with Crippen molar-refractivity contribution in [2.24, 2.45) is 0 Å². The maximum absolute atomic E-state index is 12.1. The Hall–Kier alpha value is -0.180. The van der Waals surface area contributed by atoms with Crippen LogP contribution in [0.15, 0.2) is 0 Å².